The third-order valence-electron chi connectivity index (χ3n) is 7.26. The van der Waals surface area contributed by atoms with Crippen LogP contribution in [0.2, 0.25) is 0 Å². The van der Waals surface area contributed by atoms with Crippen molar-refractivity contribution >= 4 is 21.7 Å². The number of nitrogens with zero attached hydrogens (tertiary/aromatic N) is 2. The monoisotopic (exact) mass is 446 g/mol. The summed E-state index contributed by atoms with van der Waals surface area (Å²) in [5, 5.41) is 2.95. The second-order valence-corrected chi connectivity index (χ2v) is 12.0. The van der Waals surface area contributed by atoms with Crippen LogP contribution in [0.15, 0.2) is 29.2 Å². The first-order chi connectivity index (χ1) is 14.7. The zero-order chi connectivity index (χ0) is 21.8. The molecule has 0 radical (unpaired) electrons. The summed E-state index contributed by atoms with van der Waals surface area (Å²) in [4.78, 5) is 28.9. The molecule has 168 valence electrons. The minimum Gasteiger partial charge on any atom is -0.366 e. The average molecular weight is 447 g/mol. The molecule has 9 heteroatoms. The molecule has 1 unspecified atom stereocenters. The number of piperidine rings is 1. The first-order valence-corrected chi connectivity index (χ1v) is 13.0. The smallest absolute Gasteiger partial charge is 0.320 e. The van der Waals surface area contributed by atoms with E-state index in [0.717, 1.165) is 38.8 Å². The van der Waals surface area contributed by atoms with Crippen LogP contribution in [-0.2, 0) is 25.7 Å². The van der Waals surface area contributed by atoms with Gasteiger partial charge in [0.1, 0.15) is 6.61 Å². The van der Waals surface area contributed by atoms with Crippen LogP contribution < -0.4 is 5.32 Å². The van der Waals surface area contributed by atoms with Gasteiger partial charge in [0.15, 0.2) is 0 Å². The number of hydrogen-bond donors (Lipinski definition) is 2. The van der Waals surface area contributed by atoms with Crippen LogP contribution in [0.25, 0.3) is 0 Å². The molecule has 5 rings (SSSR count). The molecule has 31 heavy (non-hydrogen) atoms. The van der Waals surface area contributed by atoms with Crippen molar-refractivity contribution in [2.45, 2.75) is 42.7 Å². The first-order valence-electron chi connectivity index (χ1n) is 11.0. The summed E-state index contributed by atoms with van der Waals surface area (Å²) in [6, 6.07) is 7.60. The molecule has 0 aromatic heterocycles. The van der Waals surface area contributed by atoms with Gasteiger partial charge in [-0.3, -0.25) is 4.79 Å². The van der Waals surface area contributed by atoms with Crippen LogP contribution in [0.1, 0.15) is 24.8 Å². The van der Waals surface area contributed by atoms with Gasteiger partial charge in [0.2, 0.25) is 5.91 Å². The molecule has 8 nitrogen and oxygen atoms in total. The van der Waals surface area contributed by atoms with Crippen molar-refractivity contribution in [3.05, 3.63) is 29.8 Å². The maximum Gasteiger partial charge on any atom is 0.320 e. The summed E-state index contributed by atoms with van der Waals surface area (Å²) >= 11 is 0. The van der Waals surface area contributed by atoms with Crippen molar-refractivity contribution in [3.63, 3.8) is 0 Å². The Morgan fingerprint density at radius 2 is 1.97 bits per heavy atom. The van der Waals surface area contributed by atoms with E-state index in [9.17, 15) is 13.8 Å². The van der Waals surface area contributed by atoms with E-state index in [1.165, 1.54) is 11.8 Å². The van der Waals surface area contributed by atoms with Crippen molar-refractivity contribution in [1.82, 2.24) is 15.1 Å². The summed E-state index contributed by atoms with van der Waals surface area (Å²) in [6.07, 6.45) is 5.50. The summed E-state index contributed by atoms with van der Waals surface area (Å²) in [7, 11) is -2.66. The quantitative estimate of drug-likeness (QED) is 0.737. The van der Waals surface area contributed by atoms with Crippen LogP contribution in [0.5, 0.6) is 0 Å². The highest BCUT2D eigenvalue weighted by Crippen LogP contribution is 2.53. The fourth-order valence-electron chi connectivity index (χ4n) is 5.76. The molecule has 1 aliphatic carbocycles. The number of urea groups is 1. The Morgan fingerprint density at radius 3 is 2.65 bits per heavy atom. The van der Waals surface area contributed by atoms with Gasteiger partial charge in [-0.2, -0.15) is 0 Å². The summed E-state index contributed by atoms with van der Waals surface area (Å²) in [6.45, 7) is 2.98. The summed E-state index contributed by atoms with van der Waals surface area (Å²) in [5.74, 6) is 0.520. The second-order valence-electron chi connectivity index (χ2n) is 9.86. The van der Waals surface area contributed by atoms with Crippen LogP contribution in [0.4, 0.5) is 4.79 Å². The van der Waals surface area contributed by atoms with Crippen LogP contribution >= 0.6 is 0 Å². The number of carbonyl (C=O) groups excluding carboxylic acids is 2. The Labute approximate surface area is 183 Å². The Balaban J connectivity index is 1.09. The van der Waals surface area contributed by atoms with E-state index in [2.05, 4.69) is 5.32 Å². The molecule has 4 aliphatic rings. The second kappa shape index (κ2) is 7.48. The van der Waals surface area contributed by atoms with E-state index in [-0.39, 0.29) is 36.1 Å². The van der Waals surface area contributed by atoms with Gasteiger partial charge in [-0.1, -0.05) is 12.1 Å². The highest BCUT2D eigenvalue weighted by atomic mass is 32.2. The maximum atomic E-state index is 12.9. The highest BCUT2D eigenvalue weighted by Gasteiger charge is 2.54. The van der Waals surface area contributed by atoms with Gasteiger partial charge in [0.25, 0.3) is 0 Å². The lowest BCUT2D eigenvalue weighted by Crippen LogP contribution is -2.68. The number of morpholine rings is 1. The molecule has 1 aromatic rings. The third kappa shape index (κ3) is 4.05. The fourth-order valence-corrected chi connectivity index (χ4v) is 6.41. The topological polar surface area (TPSA) is 103 Å². The van der Waals surface area contributed by atoms with Crippen molar-refractivity contribution in [3.8, 4) is 0 Å². The number of benzene rings is 1. The zero-order valence-electron chi connectivity index (χ0n) is 17.8. The predicted octanol–water partition coefficient (Wildman–Crippen LogP) is 1.69. The standard InChI is InChI=1S/C22H30N4O4S/c1-31(23,29)17-4-2-15(3-5-17)8-16-9-22(10-16)13-26(14-22)21(28)25-7-6-19-18(11-25)24-20(27)12-30-19/h2-5,16,18-19,23H,6-14H2,1H3,(H,24,27)/t18-,19+,31?/m1/s1. The number of ether oxygens (including phenoxy) is 1. The molecule has 3 aliphatic heterocycles. The van der Waals surface area contributed by atoms with Gasteiger partial charge >= 0.3 is 6.03 Å². The minimum absolute atomic E-state index is 0.0239. The van der Waals surface area contributed by atoms with Crippen LogP contribution in [-0.4, -0.2) is 77.1 Å². The molecule has 1 spiro atoms. The molecule has 3 atom stereocenters. The minimum atomic E-state index is -2.66. The van der Waals surface area contributed by atoms with Crippen molar-refractivity contribution in [1.29, 1.82) is 4.78 Å². The molecule has 2 N–H and O–H groups in total. The molecule has 3 saturated heterocycles. The number of fused-ring (bicyclic) bond motifs is 1. The lowest BCUT2D eigenvalue weighted by molar-refractivity contribution is -0.140. The first kappa shape index (κ1) is 20.8. The van der Waals surface area contributed by atoms with Gasteiger partial charge in [0.05, 0.1) is 21.9 Å². The van der Waals surface area contributed by atoms with Crippen LogP contribution in [0.3, 0.4) is 0 Å². The Hall–Kier alpha value is -2.13. The van der Waals surface area contributed by atoms with E-state index < -0.39 is 9.73 Å². The normalized spacial score (nSPS) is 29.4. The van der Waals surface area contributed by atoms with E-state index in [1.807, 2.05) is 34.1 Å². The SMILES string of the molecule is CS(=N)(=O)c1ccc(CC2CC3(C2)CN(C(=O)N2CC[C@@H]4OCC(=O)N[C@@H]4C2)C3)cc1. The molecule has 4 fully saturated rings. The molecule has 3 amide bonds. The lowest BCUT2D eigenvalue weighted by Gasteiger charge is -2.60. The Morgan fingerprint density at radius 1 is 1.26 bits per heavy atom. The largest absolute Gasteiger partial charge is 0.366 e. The number of hydrogen-bond acceptors (Lipinski definition) is 5. The summed E-state index contributed by atoms with van der Waals surface area (Å²) < 4.78 is 25.1. The molecular weight excluding hydrogens is 416 g/mol. The van der Waals surface area contributed by atoms with Gasteiger partial charge in [-0.25, -0.2) is 13.8 Å². The van der Waals surface area contributed by atoms with Gasteiger partial charge in [-0.15, -0.1) is 0 Å². The van der Waals surface area contributed by atoms with Crippen LogP contribution in [0, 0.1) is 16.1 Å². The molecule has 3 heterocycles. The summed E-state index contributed by atoms with van der Waals surface area (Å²) in [5.41, 5.74) is 1.50. The third-order valence-corrected chi connectivity index (χ3v) is 8.43. The number of nitrogens with one attached hydrogen (secondary N) is 2. The van der Waals surface area contributed by atoms with Crippen molar-refractivity contribution in [2.75, 3.05) is 39.0 Å². The van der Waals surface area contributed by atoms with Gasteiger partial charge in [-0.05, 0) is 49.3 Å². The van der Waals surface area contributed by atoms with E-state index in [4.69, 9.17) is 9.52 Å². The zero-order valence-corrected chi connectivity index (χ0v) is 18.7. The van der Waals surface area contributed by atoms with E-state index in [1.54, 1.807) is 0 Å². The molecule has 0 bridgehead atoms. The van der Waals surface area contributed by atoms with Crippen molar-refractivity contribution in [2.24, 2.45) is 11.3 Å². The Bertz CT molecular complexity index is 979. The number of likely N-dealkylation sites (tertiary alicyclic amines) is 2. The lowest BCUT2D eigenvalue weighted by atomic mass is 9.56. The average Bonchev–Trinajstić information content (AvgIpc) is 2.67. The van der Waals surface area contributed by atoms with Crippen molar-refractivity contribution < 1.29 is 18.5 Å². The predicted molar refractivity (Wildman–Crippen MR) is 115 cm³/mol. The Kier molecular flexibility index (Phi) is 5.01. The van der Waals surface area contributed by atoms with E-state index in [0.29, 0.717) is 23.9 Å². The maximum absolute atomic E-state index is 12.9. The van der Waals surface area contributed by atoms with E-state index >= 15 is 0 Å². The highest BCUT2D eigenvalue weighted by molar-refractivity contribution is 7.91. The molecule has 1 saturated carbocycles. The number of carbonyl (C=O) groups is 2. The number of amides is 3. The number of rotatable bonds is 3. The van der Waals surface area contributed by atoms with Gasteiger partial charge < -0.3 is 19.9 Å². The van der Waals surface area contributed by atoms with Gasteiger partial charge in [0, 0.05) is 42.7 Å². The fraction of sp³-hybridized carbons (Fsp3) is 0.636. The molecule has 1 aromatic carbocycles. The molecular formula is C22H30N4O4S.